The van der Waals surface area contributed by atoms with Crippen LogP contribution in [0.1, 0.15) is 24.1 Å². The lowest BCUT2D eigenvalue weighted by Gasteiger charge is -2.17. The van der Waals surface area contributed by atoms with E-state index in [1.165, 1.54) is 4.72 Å². The number of sulfonamides is 1. The van der Waals surface area contributed by atoms with Gasteiger partial charge in [-0.1, -0.05) is 18.2 Å². The van der Waals surface area contributed by atoms with Crippen LogP contribution in [0.25, 0.3) is 0 Å². The lowest BCUT2D eigenvalue weighted by Crippen LogP contribution is -2.37. The molecule has 3 aromatic rings. The van der Waals surface area contributed by atoms with Gasteiger partial charge in [-0.3, -0.25) is 0 Å². The standard InChI is InChI=1S/C22H15F8NO6S3/c1-12(31-40(36,37)22(28,29)30)13-5-8-15(9-6-13)38(32,33)18-10-7-14(21(25,26)27)11-19(18)39(34,35)20-16(23)3-2-4-17(20)24/h2-12,31H,1H3/t12-/m0/s1. The first-order valence-electron chi connectivity index (χ1n) is 10.4. The SMILES string of the molecule is C[C@H](NS(=O)(=O)C(F)(F)F)c1ccc(S(=O)(=O)c2ccc(C(F)(F)F)cc2S(=O)(=O)c2c(F)cccc2F)cc1. The van der Waals surface area contributed by atoms with Crippen LogP contribution in [-0.4, -0.2) is 30.8 Å². The van der Waals surface area contributed by atoms with E-state index in [9.17, 15) is 60.4 Å². The molecule has 0 fully saturated rings. The summed E-state index contributed by atoms with van der Waals surface area (Å²) >= 11 is 0. The molecule has 0 aliphatic rings. The minimum absolute atomic E-state index is 0.101. The fraction of sp³-hybridized carbons (Fsp3) is 0.182. The van der Waals surface area contributed by atoms with Crippen molar-refractivity contribution in [3.63, 3.8) is 0 Å². The zero-order chi connectivity index (χ0) is 30.5. The molecule has 1 N–H and O–H groups in total. The topological polar surface area (TPSA) is 114 Å². The van der Waals surface area contributed by atoms with Gasteiger partial charge in [0.2, 0.25) is 19.7 Å². The van der Waals surface area contributed by atoms with Crippen LogP contribution in [-0.2, 0) is 35.9 Å². The lowest BCUT2D eigenvalue weighted by molar-refractivity contribution is -0.137. The first-order chi connectivity index (χ1) is 18.1. The molecule has 18 heteroatoms. The molecule has 0 bridgehead atoms. The third-order valence-corrected chi connectivity index (χ3v) is 10.4. The summed E-state index contributed by atoms with van der Waals surface area (Å²) in [5.74, 6) is -3.42. The van der Waals surface area contributed by atoms with E-state index >= 15 is 0 Å². The van der Waals surface area contributed by atoms with Crippen LogP contribution in [0.15, 0.2) is 80.2 Å². The molecule has 218 valence electrons. The smallest absolute Gasteiger partial charge is 0.218 e. The maximum absolute atomic E-state index is 14.3. The van der Waals surface area contributed by atoms with E-state index in [2.05, 4.69) is 0 Å². The Balaban J connectivity index is 2.17. The van der Waals surface area contributed by atoms with Crippen molar-refractivity contribution < 1.29 is 60.4 Å². The number of sulfone groups is 2. The molecule has 0 radical (unpaired) electrons. The zero-order valence-corrected chi connectivity index (χ0v) is 22.0. The molecule has 3 aromatic carbocycles. The Bertz CT molecular complexity index is 1750. The Morgan fingerprint density at radius 1 is 0.700 bits per heavy atom. The van der Waals surface area contributed by atoms with Crippen LogP contribution in [0.4, 0.5) is 35.1 Å². The van der Waals surface area contributed by atoms with Gasteiger partial charge in [0.15, 0.2) is 0 Å². The summed E-state index contributed by atoms with van der Waals surface area (Å²) in [6.45, 7) is 0.996. The van der Waals surface area contributed by atoms with Gasteiger partial charge in [-0.2, -0.15) is 26.3 Å². The summed E-state index contributed by atoms with van der Waals surface area (Å²) in [6.07, 6.45) is -5.19. The summed E-state index contributed by atoms with van der Waals surface area (Å²) in [7, 11) is -16.4. The van der Waals surface area contributed by atoms with Crippen molar-refractivity contribution in [3.05, 3.63) is 83.4 Å². The van der Waals surface area contributed by atoms with Crippen LogP contribution < -0.4 is 4.72 Å². The van der Waals surface area contributed by atoms with E-state index < -0.39 is 84.2 Å². The van der Waals surface area contributed by atoms with Gasteiger partial charge in [0, 0.05) is 6.04 Å². The average Bonchev–Trinajstić information content (AvgIpc) is 2.82. The minimum atomic E-state index is -5.79. The van der Waals surface area contributed by atoms with Crippen molar-refractivity contribution in [1.82, 2.24) is 4.72 Å². The summed E-state index contributed by atoms with van der Waals surface area (Å²) < 4.78 is 183. The van der Waals surface area contributed by atoms with Gasteiger partial charge < -0.3 is 0 Å². The maximum atomic E-state index is 14.3. The Hall–Kier alpha value is -3.09. The molecule has 0 saturated heterocycles. The van der Waals surface area contributed by atoms with Gasteiger partial charge in [0.05, 0.1) is 20.2 Å². The zero-order valence-electron chi connectivity index (χ0n) is 19.5. The Morgan fingerprint density at radius 2 is 1.23 bits per heavy atom. The molecule has 0 heterocycles. The number of halogens is 8. The lowest BCUT2D eigenvalue weighted by atomic mass is 10.1. The van der Waals surface area contributed by atoms with Gasteiger partial charge in [0.25, 0.3) is 0 Å². The second-order valence-electron chi connectivity index (χ2n) is 8.07. The predicted molar refractivity (Wildman–Crippen MR) is 122 cm³/mol. The molecule has 0 spiro atoms. The fourth-order valence-corrected chi connectivity index (χ4v) is 7.59. The molecule has 1 atom stereocenters. The Morgan fingerprint density at radius 3 is 1.70 bits per heavy atom. The highest BCUT2D eigenvalue weighted by Crippen LogP contribution is 2.38. The highest BCUT2D eigenvalue weighted by atomic mass is 32.2. The van der Waals surface area contributed by atoms with Gasteiger partial charge in [0.1, 0.15) is 16.5 Å². The van der Waals surface area contributed by atoms with Crippen molar-refractivity contribution in [2.24, 2.45) is 0 Å². The highest BCUT2D eigenvalue weighted by molar-refractivity contribution is 7.94. The minimum Gasteiger partial charge on any atom is -0.218 e. The van der Waals surface area contributed by atoms with Gasteiger partial charge in [-0.05, 0) is 55.0 Å². The highest BCUT2D eigenvalue weighted by Gasteiger charge is 2.46. The molecular formula is C22H15F8NO6S3. The number of benzene rings is 3. The molecule has 0 aromatic heterocycles. The largest absolute Gasteiger partial charge is 0.511 e. The molecule has 0 aliphatic heterocycles. The number of rotatable bonds is 7. The summed E-state index contributed by atoms with van der Waals surface area (Å²) in [5.41, 5.74) is -7.48. The van der Waals surface area contributed by atoms with E-state index in [-0.39, 0.29) is 23.8 Å². The van der Waals surface area contributed by atoms with Gasteiger partial charge >= 0.3 is 21.7 Å². The number of nitrogens with one attached hydrogen (secondary N) is 1. The third-order valence-electron chi connectivity index (χ3n) is 5.36. The quantitative estimate of drug-likeness (QED) is 0.359. The second kappa shape index (κ2) is 10.4. The van der Waals surface area contributed by atoms with Crippen LogP contribution in [0.3, 0.4) is 0 Å². The van der Waals surface area contributed by atoms with Crippen molar-refractivity contribution in [2.75, 3.05) is 0 Å². The first-order valence-corrected chi connectivity index (χ1v) is 14.9. The number of hydrogen-bond donors (Lipinski definition) is 1. The monoisotopic (exact) mass is 637 g/mol. The molecule has 0 aliphatic carbocycles. The van der Waals surface area contributed by atoms with Crippen LogP contribution in [0, 0.1) is 11.6 Å². The first kappa shape index (κ1) is 31.4. The maximum Gasteiger partial charge on any atom is 0.511 e. The third kappa shape index (κ3) is 5.98. The van der Waals surface area contributed by atoms with E-state index in [1.807, 2.05) is 0 Å². The summed E-state index contributed by atoms with van der Waals surface area (Å²) in [5, 5.41) is 0. The fourth-order valence-electron chi connectivity index (χ4n) is 3.40. The predicted octanol–water partition coefficient (Wildman–Crippen LogP) is 5.15. The molecule has 0 saturated carbocycles. The Labute approximate surface area is 222 Å². The van der Waals surface area contributed by atoms with E-state index in [4.69, 9.17) is 0 Å². The van der Waals surface area contributed by atoms with E-state index in [0.29, 0.717) is 12.1 Å². The van der Waals surface area contributed by atoms with Crippen molar-refractivity contribution in [3.8, 4) is 0 Å². The van der Waals surface area contributed by atoms with Crippen LogP contribution in [0.2, 0.25) is 0 Å². The van der Waals surface area contributed by atoms with Gasteiger partial charge in [-0.25, -0.2) is 38.8 Å². The van der Waals surface area contributed by atoms with Crippen molar-refractivity contribution in [2.45, 2.75) is 44.2 Å². The molecule has 40 heavy (non-hydrogen) atoms. The van der Waals surface area contributed by atoms with Crippen molar-refractivity contribution >= 4 is 29.7 Å². The van der Waals surface area contributed by atoms with Gasteiger partial charge in [-0.15, -0.1) is 0 Å². The average molecular weight is 638 g/mol. The normalized spacial score (nSPS) is 14.2. The Kier molecular flexibility index (Phi) is 8.16. The van der Waals surface area contributed by atoms with E-state index in [0.717, 1.165) is 37.3 Å². The van der Waals surface area contributed by atoms with Crippen LogP contribution >= 0.6 is 0 Å². The number of alkyl halides is 6. The number of hydrogen-bond acceptors (Lipinski definition) is 6. The summed E-state index contributed by atoms with van der Waals surface area (Å²) in [6, 6.07) is 3.80. The summed E-state index contributed by atoms with van der Waals surface area (Å²) in [4.78, 5) is -5.37. The molecular weight excluding hydrogens is 622 g/mol. The molecule has 0 amide bonds. The van der Waals surface area contributed by atoms with Crippen LogP contribution in [0.5, 0.6) is 0 Å². The second-order valence-corrected chi connectivity index (χ2v) is 13.6. The van der Waals surface area contributed by atoms with E-state index in [1.54, 1.807) is 0 Å². The molecule has 0 unspecified atom stereocenters. The van der Waals surface area contributed by atoms with Crippen molar-refractivity contribution in [1.29, 1.82) is 0 Å². The molecule has 7 nitrogen and oxygen atoms in total. The molecule has 3 rings (SSSR count).